The van der Waals surface area contributed by atoms with Gasteiger partial charge in [-0.05, 0) is 30.3 Å². The molecule has 0 radical (unpaired) electrons. The Morgan fingerprint density at radius 3 is 2.36 bits per heavy atom. The highest BCUT2D eigenvalue weighted by atomic mass is 19.4. The number of pyridine rings is 1. The van der Waals surface area contributed by atoms with Crippen LogP contribution in [0.1, 0.15) is 23.0 Å². The maximum absolute atomic E-state index is 12.7. The number of alkyl halides is 5. The first-order chi connectivity index (χ1) is 13.0. The van der Waals surface area contributed by atoms with Crippen LogP contribution in [0, 0.1) is 0 Å². The number of halogens is 5. The highest BCUT2D eigenvalue weighted by molar-refractivity contribution is 5.94. The van der Waals surface area contributed by atoms with Crippen molar-refractivity contribution in [3.63, 3.8) is 0 Å². The van der Waals surface area contributed by atoms with Crippen molar-refractivity contribution in [3.05, 3.63) is 53.9 Å². The van der Waals surface area contributed by atoms with Crippen LogP contribution >= 0.6 is 0 Å². The van der Waals surface area contributed by atoms with Crippen molar-refractivity contribution >= 4 is 5.91 Å². The van der Waals surface area contributed by atoms with Crippen LogP contribution in [0.25, 0.3) is 0 Å². The molecule has 1 heterocycles. The second kappa shape index (κ2) is 8.85. The van der Waals surface area contributed by atoms with Gasteiger partial charge < -0.3 is 14.8 Å². The zero-order valence-electron chi connectivity index (χ0n) is 14.7. The summed E-state index contributed by atoms with van der Waals surface area (Å²) in [5.74, 6) is -3.43. The molecule has 0 spiro atoms. The first-order valence-corrected chi connectivity index (χ1v) is 8.05. The Labute approximate surface area is 157 Å². The molecule has 2 rings (SSSR count). The molecule has 0 unspecified atom stereocenters. The molecular weight excluding hydrogens is 387 g/mol. The Morgan fingerprint density at radius 2 is 1.75 bits per heavy atom. The lowest BCUT2D eigenvalue weighted by Crippen LogP contribution is -2.24. The third-order valence-corrected chi connectivity index (χ3v) is 3.22. The predicted molar refractivity (Wildman–Crippen MR) is 89.5 cm³/mol. The minimum Gasteiger partial charge on any atom is -0.486 e. The fourth-order valence-electron chi connectivity index (χ4n) is 1.98. The molecule has 1 aromatic carbocycles. The largest absolute Gasteiger partial charge is 0.486 e. The summed E-state index contributed by atoms with van der Waals surface area (Å²) in [5.41, 5.74) is 0.554. The molecule has 0 aliphatic heterocycles. The number of hydrogen-bond acceptors (Lipinski definition) is 4. The summed E-state index contributed by atoms with van der Waals surface area (Å²) in [6.45, 7) is -1.48. The highest BCUT2D eigenvalue weighted by Crippen LogP contribution is 2.20. The summed E-state index contributed by atoms with van der Waals surface area (Å²) < 4.78 is 71.5. The van der Waals surface area contributed by atoms with Gasteiger partial charge in [0.15, 0.2) is 13.2 Å². The molecule has 2 aromatic rings. The molecule has 0 fully saturated rings. The van der Waals surface area contributed by atoms with Gasteiger partial charge >= 0.3 is 6.18 Å². The smallest absolute Gasteiger partial charge is 0.422 e. The van der Waals surface area contributed by atoms with E-state index in [-0.39, 0.29) is 23.6 Å². The number of aromatic nitrogens is 1. The molecule has 152 valence electrons. The number of amides is 1. The van der Waals surface area contributed by atoms with Crippen molar-refractivity contribution in [3.8, 4) is 11.5 Å². The van der Waals surface area contributed by atoms with Gasteiger partial charge in [0.1, 0.15) is 11.5 Å². The van der Waals surface area contributed by atoms with E-state index in [2.05, 4.69) is 15.0 Å². The Kier molecular flexibility index (Phi) is 6.76. The number of hydrogen-bond donors (Lipinski definition) is 1. The van der Waals surface area contributed by atoms with E-state index in [1.54, 1.807) is 0 Å². The first kappa shape index (κ1) is 21.4. The van der Waals surface area contributed by atoms with Crippen LogP contribution in [0.15, 0.2) is 42.6 Å². The molecular formula is C18H17F5N2O3. The van der Waals surface area contributed by atoms with E-state index in [1.807, 2.05) is 0 Å². The first-order valence-electron chi connectivity index (χ1n) is 8.05. The predicted octanol–water partition coefficient (Wildman–Crippen LogP) is 3.99. The quantitative estimate of drug-likeness (QED) is 0.676. The van der Waals surface area contributed by atoms with Crippen LogP contribution < -0.4 is 14.8 Å². The molecule has 0 saturated heterocycles. The summed E-state index contributed by atoms with van der Waals surface area (Å²) in [5, 5.41) is 2.55. The van der Waals surface area contributed by atoms with Crippen molar-refractivity contribution in [1.82, 2.24) is 10.3 Å². The van der Waals surface area contributed by atoms with Crippen molar-refractivity contribution in [2.45, 2.75) is 25.6 Å². The molecule has 28 heavy (non-hydrogen) atoms. The summed E-state index contributed by atoms with van der Waals surface area (Å²) in [4.78, 5) is 16.1. The highest BCUT2D eigenvalue weighted by Gasteiger charge is 2.28. The number of benzene rings is 1. The number of ether oxygens (including phenoxy) is 2. The van der Waals surface area contributed by atoms with Gasteiger partial charge in [-0.2, -0.15) is 13.2 Å². The second-order valence-electron chi connectivity index (χ2n) is 5.96. The van der Waals surface area contributed by atoms with Gasteiger partial charge in [-0.1, -0.05) is 6.07 Å². The van der Waals surface area contributed by atoms with Gasteiger partial charge in [0.2, 0.25) is 0 Å². The van der Waals surface area contributed by atoms with Gasteiger partial charge in [-0.15, -0.1) is 0 Å². The Balaban J connectivity index is 1.88. The summed E-state index contributed by atoms with van der Waals surface area (Å²) in [7, 11) is 0. The average Bonchev–Trinajstić information content (AvgIpc) is 2.62. The molecule has 0 aliphatic carbocycles. The van der Waals surface area contributed by atoms with Crippen LogP contribution in [-0.2, 0) is 6.54 Å². The molecule has 0 bridgehead atoms. The fourth-order valence-corrected chi connectivity index (χ4v) is 1.98. The lowest BCUT2D eigenvalue weighted by atomic mass is 10.2. The summed E-state index contributed by atoms with van der Waals surface area (Å²) in [6, 6.07) is 8.25. The second-order valence-corrected chi connectivity index (χ2v) is 5.96. The maximum atomic E-state index is 12.7. The van der Waals surface area contributed by atoms with Gasteiger partial charge in [-0.25, -0.2) is 8.78 Å². The average molecular weight is 404 g/mol. The molecule has 1 N–H and O–H groups in total. The van der Waals surface area contributed by atoms with Crippen LogP contribution in [0.4, 0.5) is 22.0 Å². The van der Waals surface area contributed by atoms with Crippen LogP contribution in [-0.4, -0.2) is 36.2 Å². The van der Waals surface area contributed by atoms with Crippen molar-refractivity contribution in [1.29, 1.82) is 0 Å². The number of rotatable bonds is 8. The zero-order chi connectivity index (χ0) is 20.8. The maximum Gasteiger partial charge on any atom is 0.422 e. The SMILES string of the molecule is CC(F)(F)COc1ccc(CNC(=O)c2cccc(OCC(F)(F)F)c2)nc1. The number of nitrogens with one attached hydrogen (secondary N) is 1. The van der Waals surface area contributed by atoms with Crippen LogP contribution in [0.5, 0.6) is 11.5 Å². The molecule has 0 aliphatic rings. The fraction of sp³-hybridized carbons (Fsp3) is 0.333. The zero-order valence-corrected chi connectivity index (χ0v) is 14.7. The number of carbonyl (C=O) groups excluding carboxylic acids is 1. The van der Waals surface area contributed by atoms with Crippen molar-refractivity contribution in [2.75, 3.05) is 13.2 Å². The van der Waals surface area contributed by atoms with E-state index in [0.29, 0.717) is 5.69 Å². The van der Waals surface area contributed by atoms with Crippen molar-refractivity contribution < 1.29 is 36.2 Å². The summed E-state index contributed by atoms with van der Waals surface area (Å²) in [6.07, 6.45) is -3.23. The molecule has 10 heteroatoms. The molecule has 1 amide bonds. The topological polar surface area (TPSA) is 60.5 Å². The van der Waals surface area contributed by atoms with E-state index >= 15 is 0 Å². The van der Waals surface area contributed by atoms with E-state index < -0.39 is 31.2 Å². The molecule has 0 saturated carbocycles. The number of carbonyl (C=O) groups is 1. The minimum atomic E-state index is -4.48. The Hall–Kier alpha value is -2.91. The normalized spacial score (nSPS) is 11.8. The van der Waals surface area contributed by atoms with Gasteiger partial charge in [-0.3, -0.25) is 9.78 Å². The standard InChI is InChI=1S/C18H17F5N2O3/c1-17(19,20)10-27-15-6-5-13(24-9-15)8-25-16(26)12-3-2-4-14(7-12)28-11-18(21,22)23/h2-7,9H,8,10-11H2,1H3,(H,25,26). The Bertz CT molecular complexity index is 789. The molecule has 5 nitrogen and oxygen atoms in total. The van der Waals surface area contributed by atoms with E-state index in [9.17, 15) is 26.7 Å². The third-order valence-electron chi connectivity index (χ3n) is 3.22. The lowest BCUT2D eigenvalue weighted by Gasteiger charge is -2.12. The molecule has 0 atom stereocenters. The van der Waals surface area contributed by atoms with E-state index in [4.69, 9.17) is 4.74 Å². The van der Waals surface area contributed by atoms with E-state index in [1.165, 1.54) is 42.6 Å². The van der Waals surface area contributed by atoms with Crippen molar-refractivity contribution in [2.24, 2.45) is 0 Å². The lowest BCUT2D eigenvalue weighted by molar-refractivity contribution is -0.153. The van der Waals surface area contributed by atoms with Gasteiger partial charge in [0.05, 0.1) is 18.4 Å². The third kappa shape index (κ3) is 7.77. The van der Waals surface area contributed by atoms with Gasteiger partial charge in [0.25, 0.3) is 11.8 Å². The van der Waals surface area contributed by atoms with Gasteiger partial charge in [0, 0.05) is 12.5 Å². The monoisotopic (exact) mass is 404 g/mol. The molecule has 1 aromatic heterocycles. The summed E-state index contributed by atoms with van der Waals surface area (Å²) >= 11 is 0. The number of nitrogens with zero attached hydrogens (tertiary/aromatic N) is 1. The van der Waals surface area contributed by atoms with Crippen LogP contribution in [0.3, 0.4) is 0 Å². The van der Waals surface area contributed by atoms with E-state index in [0.717, 1.165) is 6.92 Å². The minimum absolute atomic E-state index is 0.0245. The Morgan fingerprint density at radius 1 is 1.04 bits per heavy atom. The van der Waals surface area contributed by atoms with Crippen LogP contribution in [0.2, 0.25) is 0 Å².